The van der Waals surface area contributed by atoms with E-state index in [4.69, 9.17) is 37.4 Å². The summed E-state index contributed by atoms with van der Waals surface area (Å²) in [5.41, 5.74) is 0. The Labute approximate surface area is 137 Å². The van der Waals surface area contributed by atoms with Gasteiger partial charge in [-0.2, -0.15) is 0 Å². The number of hydrogen-bond donors (Lipinski definition) is 5. The monoisotopic (exact) mass is 362 g/mol. The van der Waals surface area contributed by atoms with Gasteiger partial charge >= 0.3 is 0 Å². The Bertz CT molecular complexity index is 386. The van der Waals surface area contributed by atoms with Crippen molar-refractivity contribution in [1.82, 2.24) is 0 Å². The number of aliphatic hydroxyl groups excluding tert-OH is 5. The lowest BCUT2D eigenvalue weighted by Gasteiger charge is -2.43. The first-order chi connectivity index (χ1) is 10.3. The van der Waals surface area contributed by atoms with Gasteiger partial charge in [0.2, 0.25) is 5.79 Å². The third kappa shape index (κ3) is 3.10. The summed E-state index contributed by atoms with van der Waals surface area (Å²) in [7, 11) is 0. The molecular formula is C12H20Cl2O8. The molecule has 0 bridgehead atoms. The smallest absolute Gasteiger partial charge is 0.214 e. The van der Waals surface area contributed by atoms with Crippen molar-refractivity contribution in [3.63, 3.8) is 0 Å². The van der Waals surface area contributed by atoms with Crippen molar-refractivity contribution >= 4 is 23.2 Å². The minimum absolute atomic E-state index is 0.355. The lowest BCUT2D eigenvalue weighted by Crippen LogP contribution is -2.61. The topological polar surface area (TPSA) is 129 Å². The van der Waals surface area contributed by atoms with Gasteiger partial charge in [-0.3, -0.25) is 0 Å². The van der Waals surface area contributed by atoms with Crippen LogP contribution in [0.5, 0.6) is 0 Å². The van der Waals surface area contributed by atoms with Gasteiger partial charge in [0.05, 0.1) is 24.0 Å². The van der Waals surface area contributed by atoms with E-state index in [1.54, 1.807) is 0 Å². The zero-order valence-electron chi connectivity index (χ0n) is 11.7. The van der Waals surface area contributed by atoms with Crippen LogP contribution in [0.4, 0.5) is 0 Å². The highest BCUT2D eigenvalue weighted by Gasteiger charge is 2.57. The SMILES string of the molecule is CC1OC(C[35Cl])(OC2OC(CO)C([35Cl])C(O)C2O)C(O)C1O. The zero-order valence-corrected chi connectivity index (χ0v) is 13.3. The van der Waals surface area contributed by atoms with Gasteiger partial charge < -0.3 is 39.7 Å². The fraction of sp³-hybridized carbons (Fsp3) is 1.00. The van der Waals surface area contributed by atoms with Gasteiger partial charge in [0.25, 0.3) is 0 Å². The maximum atomic E-state index is 10.1. The summed E-state index contributed by atoms with van der Waals surface area (Å²) < 4.78 is 16.1. The molecule has 10 heteroatoms. The third-order valence-electron chi connectivity index (χ3n) is 3.94. The first-order valence-corrected chi connectivity index (χ1v) is 7.78. The molecule has 2 saturated heterocycles. The van der Waals surface area contributed by atoms with Crippen molar-refractivity contribution in [3.8, 4) is 0 Å². The fourth-order valence-electron chi connectivity index (χ4n) is 2.55. The quantitative estimate of drug-likeness (QED) is 0.368. The Kier molecular flexibility index (Phi) is 5.93. The van der Waals surface area contributed by atoms with Crippen LogP contribution < -0.4 is 0 Å². The Morgan fingerprint density at radius 3 is 2.23 bits per heavy atom. The van der Waals surface area contributed by atoms with Crippen LogP contribution >= 0.6 is 23.2 Å². The van der Waals surface area contributed by atoms with Gasteiger partial charge in [0.1, 0.15) is 30.5 Å². The van der Waals surface area contributed by atoms with E-state index in [9.17, 15) is 25.5 Å². The van der Waals surface area contributed by atoms with Gasteiger partial charge in [0.15, 0.2) is 6.29 Å². The highest BCUT2D eigenvalue weighted by Crippen LogP contribution is 2.37. The second-order valence-corrected chi connectivity index (χ2v) is 6.24. The molecule has 5 N–H and O–H groups in total. The molecule has 0 aromatic carbocycles. The highest BCUT2D eigenvalue weighted by molar-refractivity contribution is 6.21. The molecule has 2 heterocycles. The number of alkyl halides is 2. The largest absolute Gasteiger partial charge is 0.394 e. The summed E-state index contributed by atoms with van der Waals surface area (Å²) in [5, 5.41) is 47.9. The average molecular weight is 362 g/mol. The summed E-state index contributed by atoms with van der Waals surface area (Å²) in [6.45, 7) is 1.01. The number of aliphatic hydroxyl groups is 5. The number of halogens is 2. The van der Waals surface area contributed by atoms with Crippen LogP contribution in [0, 0.1) is 0 Å². The first-order valence-electron chi connectivity index (χ1n) is 6.81. The van der Waals surface area contributed by atoms with Crippen molar-refractivity contribution in [2.75, 3.05) is 12.5 Å². The Morgan fingerprint density at radius 2 is 1.77 bits per heavy atom. The Morgan fingerprint density at radius 1 is 1.14 bits per heavy atom. The van der Waals surface area contributed by atoms with Crippen LogP contribution in [0.3, 0.4) is 0 Å². The van der Waals surface area contributed by atoms with Gasteiger partial charge in [0, 0.05) is 0 Å². The number of ether oxygens (including phenoxy) is 3. The van der Waals surface area contributed by atoms with Crippen LogP contribution in [0.25, 0.3) is 0 Å². The van der Waals surface area contributed by atoms with Crippen LogP contribution in [0.15, 0.2) is 0 Å². The highest BCUT2D eigenvalue weighted by atomic mass is 35.0. The molecule has 2 aliphatic rings. The lowest BCUT2D eigenvalue weighted by molar-refractivity contribution is -0.357. The van der Waals surface area contributed by atoms with Crippen molar-refractivity contribution in [2.45, 2.75) is 61.0 Å². The maximum Gasteiger partial charge on any atom is 0.214 e. The van der Waals surface area contributed by atoms with E-state index in [0.29, 0.717) is 0 Å². The normalized spacial score (nSPS) is 52.9. The van der Waals surface area contributed by atoms with E-state index < -0.39 is 60.7 Å². The molecule has 2 aliphatic heterocycles. The molecule has 8 nitrogen and oxygen atoms in total. The van der Waals surface area contributed by atoms with Crippen molar-refractivity contribution in [2.24, 2.45) is 0 Å². The summed E-state index contributed by atoms with van der Waals surface area (Å²) in [6, 6.07) is 0. The summed E-state index contributed by atoms with van der Waals surface area (Å²) >= 11 is 11.7. The predicted octanol–water partition coefficient (Wildman–Crippen LogP) is -1.87. The van der Waals surface area contributed by atoms with Gasteiger partial charge in [-0.15, -0.1) is 23.2 Å². The molecule has 130 valence electrons. The van der Waals surface area contributed by atoms with Crippen LogP contribution in [-0.4, -0.2) is 92.1 Å². The first kappa shape index (κ1) is 18.6. The Hall–Kier alpha value is 0.260. The van der Waals surface area contributed by atoms with E-state index >= 15 is 0 Å². The van der Waals surface area contributed by atoms with Gasteiger partial charge in [-0.05, 0) is 6.92 Å². The summed E-state index contributed by atoms with van der Waals surface area (Å²) in [4.78, 5) is 0. The molecule has 0 aromatic heterocycles. The summed E-state index contributed by atoms with van der Waals surface area (Å²) in [6.07, 6.45) is -8.88. The van der Waals surface area contributed by atoms with Crippen molar-refractivity contribution < 1.29 is 39.7 Å². The van der Waals surface area contributed by atoms with Gasteiger partial charge in [-0.25, -0.2) is 0 Å². The molecule has 0 radical (unpaired) electrons. The molecule has 0 aliphatic carbocycles. The van der Waals surface area contributed by atoms with Crippen molar-refractivity contribution in [1.29, 1.82) is 0 Å². The third-order valence-corrected chi connectivity index (χ3v) is 4.85. The van der Waals surface area contributed by atoms with Crippen LogP contribution in [0.2, 0.25) is 0 Å². The summed E-state index contributed by atoms with van der Waals surface area (Å²) in [5.74, 6) is -2.17. The molecule has 2 rings (SSSR count). The van der Waals surface area contributed by atoms with E-state index in [1.807, 2.05) is 0 Å². The second-order valence-electron chi connectivity index (χ2n) is 5.47. The molecule has 2 fully saturated rings. The van der Waals surface area contributed by atoms with Crippen molar-refractivity contribution in [3.05, 3.63) is 0 Å². The minimum atomic E-state index is -1.81. The molecule has 0 aromatic rings. The Balaban J connectivity index is 2.17. The molecule has 0 saturated carbocycles. The van der Waals surface area contributed by atoms with E-state index in [0.717, 1.165) is 0 Å². The standard InChI is InChI=1S/C12H20Cl2O8/c1-4-7(16)10(19)12(3-13,21-4)22-11-9(18)8(17)6(14)5(2-15)20-11/h4-11,15-19H,2-3H2,1H3/i13+0,14+0. The zero-order chi connectivity index (χ0) is 16.7. The van der Waals surface area contributed by atoms with E-state index in [2.05, 4.69) is 0 Å². The van der Waals surface area contributed by atoms with E-state index in [1.165, 1.54) is 6.92 Å². The number of rotatable bonds is 4. The predicted molar refractivity (Wildman–Crippen MR) is 74.5 cm³/mol. The molecule has 22 heavy (non-hydrogen) atoms. The molecule has 0 spiro atoms. The molecular weight excluding hydrogens is 342 g/mol. The minimum Gasteiger partial charge on any atom is -0.394 e. The van der Waals surface area contributed by atoms with E-state index in [-0.39, 0.29) is 5.88 Å². The van der Waals surface area contributed by atoms with Crippen LogP contribution in [-0.2, 0) is 14.2 Å². The number of hydrogen-bond acceptors (Lipinski definition) is 8. The molecule has 9 atom stereocenters. The lowest BCUT2D eigenvalue weighted by atomic mass is 10.0. The van der Waals surface area contributed by atoms with Crippen LogP contribution in [0.1, 0.15) is 6.92 Å². The molecule has 9 unspecified atom stereocenters. The second kappa shape index (κ2) is 7.02. The average Bonchev–Trinajstić information content (AvgIpc) is 2.72. The molecule has 0 amide bonds. The maximum absolute atomic E-state index is 10.1. The fourth-order valence-corrected chi connectivity index (χ4v) is 3.12. The van der Waals surface area contributed by atoms with Gasteiger partial charge in [-0.1, -0.05) is 0 Å².